The second-order valence-corrected chi connectivity index (χ2v) is 10.1. The summed E-state index contributed by atoms with van der Waals surface area (Å²) in [4.78, 5) is 29.2. The number of benzene rings is 2. The molecule has 0 saturated heterocycles. The van der Waals surface area contributed by atoms with E-state index in [1.165, 1.54) is 5.56 Å². The first kappa shape index (κ1) is 25.8. The molecule has 0 bridgehead atoms. The minimum atomic E-state index is -0.520. The molecule has 1 atom stereocenters. The van der Waals surface area contributed by atoms with Crippen molar-refractivity contribution in [2.45, 2.75) is 70.5 Å². The molecule has 0 heterocycles. The minimum Gasteiger partial charge on any atom is -0.497 e. The predicted molar refractivity (Wildman–Crippen MR) is 132 cm³/mol. The number of methoxy groups -OCH3 is 1. The Kier molecular flexibility index (Phi) is 9.63. The van der Waals surface area contributed by atoms with Crippen LogP contribution in [0.4, 0.5) is 0 Å². The topological polar surface area (TPSA) is 58.6 Å². The van der Waals surface area contributed by atoms with E-state index < -0.39 is 6.04 Å². The number of thioether (sulfide) groups is 1. The van der Waals surface area contributed by atoms with Crippen LogP contribution in [0.5, 0.6) is 5.75 Å². The van der Waals surface area contributed by atoms with Crippen LogP contribution in [0.15, 0.2) is 53.4 Å². The van der Waals surface area contributed by atoms with Crippen LogP contribution in [-0.2, 0) is 16.1 Å². The number of hydrogen-bond donors (Lipinski definition) is 1. The van der Waals surface area contributed by atoms with Crippen LogP contribution < -0.4 is 10.1 Å². The van der Waals surface area contributed by atoms with E-state index >= 15 is 0 Å². The third-order valence-electron chi connectivity index (χ3n) is 5.00. The van der Waals surface area contributed by atoms with Gasteiger partial charge in [0.2, 0.25) is 11.8 Å². The SMILES string of the molecule is CC[C@@H](C(=O)NC(C)(C)C)N(Cc1ccc(OC)cc1)C(=O)CCSc1ccc(C)cc1. The Bertz CT molecular complexity index is 873. The zero-order valence-electron chi connectivity index (χ0n) is 20.1. The lowest BCUT2D eigenvalue weighted by Crippen LogP contribution is -2.53. The molecule has 0 radical (unpaired) electrons. The van der Waals surface area contributed by atoms with Crippen LogP contribution >= 0.6 is 11.8 Å². The number of nitrogens with one attached hydrogen (secondary N) is 1. The molecule has 5 nitrogen and oxygen atoms in total. The van der Waals surface area contributed by atoms with Gasteiger partial charge in [0.15, 0.2) is 0 Å². The van der Waals surface area contributed by atoms with Gasteiger partial charge in [0.25, 0.3) is 0 Å². The summed E-state index contributed by atoms with van der Waals surface area (Å²) in [5.74, 6) is 1.29. The van der Waals surface area contributed by atoms with Gasteiger partial charge in [-0.05, 0) is 63.9 Å². The van der Waals surface area contributed by atoms with Crippen LogP contribution in [0.1, 0.15) is 51.7 Å². The van der Waals surface area contributed by atoms with Crippen molar-refractivity contribution in [2.75, 3.05) is 12.9 Å². The molecule has 2 aromatic carbocycles. The lowest BCUT2D eigenvalue weighted by molar-refractivity contribution is -0.141. The van der Waals surface area contributed by atoms with E-state index in [1.54, 1.807) is 23.8 Å². The highest BCUT2D eigenvalue weighted by Crippen LogP contribution is 2.22. The van der Waals surface area contributed by atoms with Crippen molar-refractivity contribution >= 4 is 23.6 Å². The van der Waals surface area contributed by atoms with Gasteiger partial charge >= 0.3 is 0 Å². The van der Waals surface area contributed by atoms with Crippen LogP contribution in [0.2, 0.25) is 0 Å². The Morgan fingerprint density at radius 3 is 2.22 bits per heavy atom. The quantitative estimate of drug-likeness (QED) is 0.499. The monoisotopic (exact) mass is 456 g/mol. The maximum absolute atomic E-state index is 13.3. The maximum Gasteiger partial charge on any atom is 0.243 e. The zero-order chi connectivity index (χ0) is 23.7. The first-order chi connectivity index (χ1) is 15.1. The molecule has 1 N–H and O–H groups in total. The third-order valence-corrected chi connectivity index (χ3v) is 6.02. The standard InChI is InChI=1S/C26H36N2O3S/c1-7-23(25(30)27-26(3,4)5)28(18-20-10-12-21(31-6)13-11-20)24(29)16-17-32-22-14-8-19(2)9-15-22/h8-15,23H,7,16-18H2,1-6H3,(H,27,30)/t23-/m0/s1. The van der Waals surface area contributed by atoms with Gasteiger partial charge in [0, 0.05) is 29.2 Å². The molecule has 0 unspecified atom stereocenters. The number of nitrogens with zero attached hydrogens (tertiary/aromatic N) is 1. The zero-order valence-corrected chi connectivity index (χ0v) is 20.9. The number of carbonyl (C=O) groups is 2. The molecule has 0 aromatic heterocycles. The molecule has 0 aliphatic carbocycles. The fourth-order valence-electron chi connectivity index (χ4n) is 3.33. The largest absolute Gasteiger partial charge is 0.497 e. The molecule has 2 amide bonds. The number of amides is 2. The van der Waals surface area contributed by atoms with Gasteiger partial charge in [-0.2, -0.15) is 0 Å². The molecule has 174 valence electrons. The van der Waals surface area contributed by atoms with Crippen molar-refractivity contribution < 1.29 is 14.3 Å². The fraction of sp³-hybridized carbons (Fsp3) is 0.462. The lowest BCUT2D eigenvalue weighted by atomic mass is 10.1. The second-order valence-electron chi connectivity index (χ2n) is 8.94. The summed E-state index contributed by atoms with van der Waals surface area (Å²) >= 11 is 1.66. The second kappa shape index (κ2) is 12.0. The van der Waals surface area contributed by atoms with E-state index in [1.807, 2.05) is 52.0 Å². The van der Waals surface area contributed by atoms with Crippen molar-refractivity contribution in [3.8, 4) is 5.75 Å². The highest BCUT2D eigenvalue weighted by molar-refractivity contribution is 7.99. The Balaban J connectivity index is 2.15. The Morgan fingerprint density at radius 1 is 1.06 bits per heavy atom. The van der Waals surface area contributed by atoms with Crippen molar-refractivity contribution in [3.63, 3.8) is 0 Å². The number of aryl methyl sites for hydroxylation is 1. The summed E-state index contributed by atoms with van der Waals surface area (Å²) in [5, 5.41) is 3.04. The van der Waals surface area contributed by atoms with E-state index in [0.717, 1.165) is 16.2 Å². The summed E-state index contributed by atoms with van der Waals surface area (Å²) in [5.41, 5.74) is 1.82. The van der Waals surface area contributed by atoms with Crippen LogP contribution in [0, 0.1) is 6.92 Å². The smallest absolute Gasteiger partial charge is 0.243 e. The average molecular weight is 457 g/mol. The van der Waals surface area contributed by atoms with E-state index in [0.29, 0.717) is 25.1 Å². The van der Waals surface area contributed by atoms with E-state index in [9.17, 15) is 9.59 Å². The Morgan fingerprint density at radius 2 is 1.69 bits per heavy atom. The molecular formula is C26H36N2O3S. The Labute approximate surface area is 196 Å². The van der Waals surface area contributed by atoms with Gasteiger partial charge in [-0.25, -0.2) is 0 Å². The number of rotatable bonds is 10. The summed E-state index contributed by atoms with van der Waals surface area (Å²) in [6, 6.07) is 15.4. The molecule has 6 heteroatoms. The van der Waals surface area contributed by atoms with E-state index in [-0.39, 0.29) is 17.4 Å². The number of ether oxygens (including phenoxy) is 1. The van der Waals surface area contributed by atoms with Gasteiger partial charge in [-0.15, -0.1) is 11.8 Å². The summed E-state index contributed by atoms with van der Waals surface area (Å²) in [6.07, 6.45) is 0.920. The molecule has 0 spiro atoms. The highest BCUT2D eigenvalue weighted by atomic mass is 32.2. The van der Waals surface area contributed by atoms with Crippen molar-refractivity contribution in [3.05, 3.63) is 59.7 Å². The van der Waals surface area contributed by atoms with E-state index in [4.69, 9.17) is 4.74 Å². The lowest BCUT2D eigenvalue weighted by Gasteiger charge is -2.33. The molecule has 0 aliphatic heterocycles. The van der Waals surface area contributed by atoms with Crippen LogP contribution in [0.3, 0.4) is 0 Å². The maximum atomic E-state index is 13.3. The van der Waals surface area contributed by atoms with E-state index in [2.05, 4.69) is 36.5 Å². The first-order valence-corrected chi connectivity index (χ1v) is 12.1. The van der Waals surface area contributed by atoms with Crippen LogP contribution in [0.25, 0.3) is 0 Å². The van der Waals surface area contributed by atoms with Gasteiger partial charge < -0.3 is 15.0 Å². The van der Waals surface area contributed by atoms with Crippen molar-refractivity contribution in [1.29, 1.82) is 0 Å². The summed E-state index contributed by atoms with van der Waals surface area (Å²) in [6.45, 7) is 10.2. The van der Waals surface area contributed by atoms with Crippen LogP contribution in [-0.4, -0.2) is 41.2 Å². The number of hydrogen-bond acceptors (Lipinski definition) is 4. The van der Waals surface area contributed by atoms with Gasteiger partial charge in [-0.3, -0.25) is 9.59 Å². The third kappa shape index (κ3) is 8.23. The molecule has 2 rings (SSSR count). The molecule has 0 aliphatic rings. The predicted octanol–water partition coefficient (Wildman–Crippen LogP) is 5.21. The fourth-order valence-corrected chi connectivity index (χ4v) is 4.18. The molecule has 0 saturated carbocycles. The minimum absolute atomic E-state index is 0.0173. The van der Waals surface area contributed by atoms with Gasteiger partial charge in [-0.1, -0.05) is 36.8 Å². The molecule has 2 aromatic rings. The highest BCUT2D eigenvalue weighted by Gasteiger charge is 2.30. The average Bonchev–Trinajstić information content (AvgIpc) is 2.74. The van der Waals surface area contributed by atoms with Crippen molar-refractivity contribution in [2.24, 2.45) is 0 Å². The summed E-state index contributed by atoms with van der Waals surface area (Å²) < 4.78 is 5.24. The Hall–Kier alpha value is -2.47. The first-order valence-electron chi connectivity index (χ1n) is 11.1. The summed E-state index contributed by atoms with van der Waals surface area (Å²) in [7, 11) is 1.63. The molecule has 0 fully saturated rings. The van der Waals surface area contributed by atoms with Crippen molar-refractivity contribution in [1.82, 2.24) is 10.2 Å². The van der Waals surface area contributed by atoms with Gasteiger partial charge in [0.1, 0.15) is 11.8 Å². The molecule has 32 heavy (non-hydrogen) atoms. The van der Waals surface area contributed by atoms with Gasteiger partial charge in [0.05, 0.1) is 7.11 Å². The molecular weight excluding hydrogens is 420 g/mol. The normalized spacial score (nSPS) is 12.2. The number of carbonyl (C=O) groups excluding carboxylic acids is 2.